The minimum Gasteiger partial charge on any atom is -0.479 e. The predicted octanol–water partition coefficient (Wildman–Crippen LogP) is 5.14. The van der Waals surface area contributed by atoms with Gasteiger partial charge in [-0.2, -0.15) is 23.3 Å². The van der Waals surface area contributed by atoms with Gasteiger partial charge >= 0.3 is 11.9 Å². The van der Waals surface area contributed by atoms with E-state index in [4.69, 9.17) is 9.84 Å². The summed E-state index contributed by atoms with van der Waals surface area (Å²) in [5.74, 6) is -0.223. The minimum atomic E-state index is -4.68. The van der Waals surface area contributed by atoms with E-state index in [9.17, 15) is 32.7 Å². The number of para-hydroxylation sites is 1. The average Bonchev–Trinajstić information content (AvgIpc) is 3.72. The number of piperidine rings is 2. The number of aliphatic hydroxyl groups excluding tert-OH is 1. The lowest BCUT2D eigenvalue weighted by Gasteiger charge is -2.37. The van der Waals surface area contributed by atoms with Crippen molar-refractivity contribution in [2.24, 2.45) is 13.0 Å². The van der Waals surface area contributed by atoms with Gasteiger partial charge in [-0.05, 0) is 106 Å². The molecule has 1 aromatic carbocycles. The molecule has 2 saturated heterocycles. The molecule has 56 heavy (non-hydrogen) atoms. The second kappa shape index (κ2) is 15.0. The first-order valence-corrected chi connectivity index (χ1v) is 19.1. The number of hydrogen-bond donors (Lipinski definition) is 3. The second-order valence-corrected chi connectivity index (χ2v) is 15.2. The first-order chi connectivity index (χ1) is 26.9. The average molecular weight is 776 g/mol. The van der Waals surface area contributed by atoms with Gasteiger partial charge in [0.05, 0.1) is 24.2 Å². The molecule has 3 N–H and O–H groups in total. The van der Waals surface area contributed by atoms with Crippen molar-refractivity contribution in [3.8, 4) is 5.88 Å². The summed E-state index contributed by atoms with van der Waals surface area (Å²) in [6.07, 6.45) is 3.04. The van der Waals surface area contributed by atoms with E-state index in [1.807, 2.05) is 23.0 Å². The van der Waals surface area contributed by atoms with E-state index in [1.165, 1.54) is 13.2 Å². The van der Waals surface area contributed by atoms with Gasteiger partial charge in [-0.1, -0.05) is 18.2 Å². The van der Waals surface area contributed by atoms with Gasteiger partial charge in [0, 0.05) is 25.2 Å². The number of methoxy groups -OCH3 is 1. The largest absolute Gasteiger partial charge is 0.479 e. The number of benzene rings is 1. The maximum atomic E-state index is 13.5. The fourth-order valence-electron chi connectivity index (χ4n) is 8.81. The summed E-state index contributed by atoms with van der Waals surface area (Å²) in [6, 6.07) is 10.3. The van der Waals surface area contributed by atoms with Crippen LogP contribution >= 0.6 is 0 Å². The molecule has 0 bridgehead atoms. The number of carbonyl (C=O) groups is 2. The molecule has 6 heterocycles. The highest BCUT2D eigenvalue weighted by atomic mass is 19.4. The Morgan fingerprint density at radius 3 is 2.46 bits per heavy atom. The van der Waals surface area contributed by atoms with Crippen LogP contribution in [-0.4, -0.2) is 83.7 Å². The molecule has 3 fully saturated rings. The van der Waals surface area contributed by atoms with Crippen LogP contribution in [0.15, 0.2) is 53.5 Å². The standard InChI is InChI=1S/C39H44F3N9O5/c1-48-33-26(5-3-7-29(33)51(38(48)55)30-13-14-32(52)45-36(30)54)23-15-17-49(18-16-23)20-22-9-11-25(12-10-22)50-21-24-19-28(37(56-2)46-34(24)47-50)44-35(53)27-6-4-8-31(43-27)39(40,41)42/h3-8,19,21-23,25,30,32,52H,9-18,20H2,1-2H3,(H,44,53)(H,45,54). The smallest absolute Gasteiger partial charge is 0.433 e. The molecular weight excluding hydrogens is 731 g/mol. The van der Waals surface area contributed by atoms with E-state index in [2.05, 4.69) is 31.6 Å². The molecule has 5 aromatic rings. The number of aliphatic hydroxyl groups is 1. The molecule has 14 nitrogen and oxygen atoms in total. The van der Waals surface area contributed by atoms with Crippen molar-refractivity contribution >= 4 is 39.6 Å². The predicted molar refractivity (Wildman–Crippen MR) is 200 cm³/mol. The van der Waals surface area contributed by atoms with Crippen molar-refractivity contribution < 1.29 is 32.6 Å². The number of halogens is 3. The highest BCUT2D eigenvalue weighted by Crippen LogP contribution is 2.38. The van der Waals surface area contributed by atoms with E-state index in [1.54, 1.807) is 22.2 Å². The number of carbonyl (C=O) groups excluding carboxylic acids is 2. The summed E-state index contributed by atoms with van der Waals surface area (Å²) in [7, 11) is 3.16. The van der Waals surface area contributed by atoms with Gasteiger partial charge in [0.2, 0.25) is 11.8 Å². The Morgan fingerprint density at radius 2 is 1.75 bits per heavy atom. The number of aryl methyl sites for hydroxylation is 1. The summed E-state index contributed by atoms with van der Waals surface area (Å²) < 4.78 is 50.1. The number of aromatic nitrogens is 6. The zero-order chi connectivity index (χ0) is 39.3. The maximum Gasteiger partial charge on any atom is 0.433 e. The fourth-order valence-corrected chi connectivity index (χ4v) is 8.81. The molecule has 2 amide bonds. The van der Waals surface area contributed by atoms with Crippen LogP contribution < -0.4 is 21.1 Å². The normalized spacial score (nSPS) is 22.7. The van der Waals surface area contributed by atoms with E-state index >= 15 is 0 Å². The van der Waals surface area contributed by atoms with Crippen molar-refractivity contribution in [3.05, 3.63) is 76.1 Å². The number of amides is 2. The number of imidazole rings is 1. The van der Waals surface area contributed by atoms with Crippen molar-refractivity contribution in [1.29, 1.82) is 0 Å². The molecule has 8 rings (SSSR count). The SMILES string of the molecule is COc1nc2nn(C3CCC(CN4CCC(c5cccc6c5n(C)c(=O)n6C5CCC(O)NC5=O)CC4)CC3)cc2cc1NC(=O)c1cccc(C(F)(F)F)n1. The van der Waals surface area contributed by atoms with Crippen LogP contribution in [0.5, 0.6) is 5.88 Å². The molecule has 1 aliphatic carbocycles. The lowest BCUT2D eigenvalue weighted by molar-refractivity contribution is -0.141. The number of fused-ring (bicyclic) bond motifs is 2. The number of ether oxygens (including phenoxy) is 1. The Bertz CT molecular complexity index is 2340. The number of rotatable bonds is 8. The third-order valence-electron chi connectivity index (χ3n) is 11.7. The molecule has 4 aromatic heterocycles. The number of anilines is 1. The van der Waals surface area contributed by atoms with Gasteiger partial charge in [-0.15, -0.1) is 0 Å². The van der Waals surface area contributed by atoms with E-state index in [0.717, 1.165) is 86.9 Å². The van der Waals surface area contributed by atoms with Crippen molar-refractivity contribution in [1.82, 2.24) is 39.1 Å². The Labute approximate surface area is 319 Å². The third-order valence-corrected chi connectivity index (χ3v) is 11.7. The van der Waals surface area contributed by atoms with Crippen LogP contribution in [0.2, 0.25) is 0 Å². The highest BCUT2D eigenvalue weighted by Gasteiger charge is 2.35. The molecule has 1 saturated carbocycles. The number of likely N-dealkylation sites (tertiary alicyclic amines) is 1. The number of alkyl halides is 3. The molecule has 17 heteroatoms. The van der Waals surface area contributed by atoms with E-state index in [0.29, 0.717) is 35.7 Å². The monoisotopic (exact) mass is 775 g/mol. The molecule has 296 valence electrons. The summed E-state index contributed by atoms with van der Waals surface area (Å²) >= 11 is 0. The van der Waals surface area contributed by atoms with Gasteiger partial charge in [0.1, 0.15) is 29.3 Å². The summed E-state index contributed by atoms with van der Waals surface area (Å²) in [5, 5.41) is 20.4. The van der Waals surface area contributed by atoms with Crippen molar-refractivity contribution in [3.63, 3.8) is 0 Å². The zero-order valence-corrected chi connectivity index (χ0v) is 31.1. The Morgan fingerprint density at radius 1 is 1.00 bits per heavy atom. The van der Waals surface area contributed by atoms with Gasteiger partial charge in [0.25, 0.3) is 5.91 Å². The van der Waals surface area contributed by atoms with Gasteiger partial charge in [-0.25, -0.2) is 9.78 Å². The van der Waals surface area contributed by atoms with E-state index in [-0.39, 0.29) is 34.9 Å². The molecule has 2 atom stereocenters. The van der Waals surface area contributed by atoms with Gasteiger partial charge < -0.3 is 25.4 Å². The fraction of sp³-hybridized carbons (Fsp3) is 0.487. The molecule has 0 radical (unpaired) electrons. The topological polar surface area (TPSA) is 161 Å². The number of hydrogen-bond acceptors (Lipinski definition) is 9. The summed E-state index contributed by atoms with van der Waals surface area (Å²) in [5.41, 5.74) is 1.64. The lowest BCUT2D eigenvalue weighted by Crippen LogP contribution is -2.46. The molecular formula is C39H44F3N9O5. The minimum absolute atomic E-state index is 0.0877. The lowest BCUT2D eigenvalue weighted by atomic mass is 9.84. The third kappa shape index (κ3) is 7.24. The van der Waals surface area contributed by atoms with Crippen LogP contribution in [0, 0.1) is 5.92 Å². The second-order valence-electron chi connectivity index (χ2n) is 15.2. The Hall–Kier alpha value is -5.29. The number of nitrogens with one attached hydrogen (secondary N) is 2. The van der Waals surface area contributed by atoms with Crippen LogP contribution in [-0.2, 0) is 18.0 Å². The van der Waals surface area contributed by atoms with Crippen LogP contribution in [0.3, 0.4) is 0 Å². The highest BCUT2D eigenvalue weighted by molar-refractivity contribution is 6.04. The molecule has 2 aliphatic heterocycles. The van der Waals surface area contributed by atoms with Crippen molar-refractivity contribution in [2.75, 3.05) is 32.1 Å². The Kier molecular flexibility index (Phi) is 10.1. The van der Waals surface area contributed by atoms with Gasteiger partial charge in [-0.3, -0.25) is 23.4 Å². The van der Waals surface area contributed by atoms with E-state index < -0.39 is 30.0 Å². The number of pyridine rings is 2. The quantitative estimate of drug-likeness (QED) is 0.194. The molecule has 2 unspecified atom stereocenters. The Balaban J connectivity index is 0.876. The van der Waals surface area contributed by atoms with Gasteiger partial charge in [0.15, 0.2) is 5.65 Å². The summed E-state index contributed by atoms with van der Waals surface area (Å²) in [4.78, 5) is 49.6. The van der Waals surface area contributed by atoms with Crippen LogP contribution in [0.25, 0.3) is 22.1 Å². The first-order valence-electron chi connectivity index (χ1n) is 19.1. The van der Waals surface area contributed by atoms with Crippen LogP contribution in [0.1, 0.15) is 91.1 Å². The maximum absolute atomic E-state index is 13.5. The van der Waals surface area contributed by atoms with Crippen molar-refractivity contribution in [2.45, 2.75) is 81.8 Å². The zero-order valence-electron chi connectivity index (χ0n) is 31.1. The number of nitrogens with zero attached hydrogens (tertiary/aromatic N) is 7. The summed E-state index contributed by atoms with van der Waals surface area (Å²) in [6.45, 7) is 2.93. The molecule has 0 spiro atoms. The molecule has 3 aliphatic rings. The first kappa shape index (κ1) is 37.6. The van der Waals surface area contributed by atoms with Crippen LogP contribution in [0.4, 0.5) is 18.9 Å².